The highest BCUT2D eigenvalue weighted by Gasteiger charge is 2.38. The van der Waals surface area contributed by atoms with Gasteiger partial charge in [-0.3, -0.25) is 9.59 Å². The molecular weight excluding hydrogens is 430 g/mol. The smallest absolute Gasteiger partial charge is 0.243 e. The number of likely N-dealkylation sites (tertiary alicyclic amines) is 1. The van der Waals surface area contributed by atoms with Gasteiger partial charge in [-0.1, -0.05) is 6.07 Å². The summed E-state index contributed by atoms with van der Waals surface area (Å²) in [5, 5.41) is 0. The summed E-state index contributed by atoms with van der Waals surface area (Å²) >= 11 is 0. The number of rotatable bonds is 5. The van der Waals surface area contributed by atoms with Crippen LogP contribution in [0.15, 0.2) is 45.9 Å². The first-order valence-electron chi connectivity index (χ1n) is 11.1. The third-order valence-electron chi connectivity index (χ3n) is 6.75. The van der Waals surface area contributed by atoms with Crippen molar-refractivity contribution in [3.05, 3.63) is 53.5 Å². The van der Waals surface area contributed by atoms with Crippen LogP contribution in [0.2, 0.25) is 0 Å². The van der Waals surface area contributed by atoms with E-state index in [0.717, 1.165) is 24.8 Å². The molecule has 8 nitrogen and oxygen atoms in total. The Kier molecular flexibility index (Phi) is 5.54. The molecule has 1 atom stereocenters. The fourth-order valence-corrected chi connectivity index (χ4v) is 6.42. The highest BCUT2D eigenvalue weighted by molar-refractivity contribution is 7.89. The van der Waals surface area contributed by atoms with E-state index in [-0.39, 0.29) is 31.3 Å². The van der Waals surface area contributed by atoms with Gasteiger partial charge in [0.05, 0.1) is 23.6 Å². The number of carbonyl (C=O) groups excluding carboxylic acids is 2. The molecule has 9 heteroatoms. The zero-order valence-electron chi connectivity index (χ0n) is 17.9. The van der Waals surface area contributed by atoms with Crippen molar-refractivity contribution in [2.75, 3.05) is 32.7 Å². The molecule has 0 bridgehead atoms. The van der Waals surface area contributed by atoms with Crippen molar-refractivity contribution in [2.45, 2.75) is 37.1 Å². The molecule has 0 N–H and O–H groups in total. The van der Waals surface area contributed by atoms with Crippen molar-refractivity contribution in [1.29, 1.82) is 0 Å². The quantitative estimate of drug-likeness (QED) is 0.681. The second-order valence-electron chi connectivity index (χ2n) is 8.77. The molecule has 32 heavy (non-hydrogen) atoms. The number of carbonyl (C=O) groups is 2. The highest BCUT2D eigenvalue weighted by Crippen LogP contribution is 2.27. The van der Waals surface area contributed by atoms with Crippen LogP contribution in [-0.4, -0.2) is 67.1 Å². The van der Waals surface area contributed by atoms with Gasteiger partial charge in [-0.2, -0.15) is 4.31 Å². The maximum atomic E-state index is 13.1. The zero-order valence-corrected chi connectivity index (χ0v) is 18.7. The topological polar surface area (TPSA) is 91.1 Å². The Labute approximate surface area is 187 Å². The van der Waals surface area contributed by atoms with Gasteiger partial charge in [-0.15, -0.1) is 0 Å². The molecule has 0 unspecified atom stereocenters. The molecule has 2 aliphatic heterocycles. The van der Waals surface area contributed by atoms with Gasteiger partial charge in [0.15, 0.2) is 0 Å². The lowest BCUT2D eigenvalue weighted by Gasteiger charge is -2.35. The average Bonchev–Trinajstić information content (AvgIpc) is 3.55. The summed E-state index contributed by atoms with van der Waals surface area (Å²) in [4.78, 5) is 29.0. The Morgan fingerprint density at radius 1 is 1.06 bits per heavy atom. The molecule has 2 fully saturated rings. The van der Waals surface area contributed by atoms with E-state index < -0.39 is 15.9 Å². The van der Waals surface area contributed by atoms with Crippen LogP contribution in [0.5, 0.6) is 0 Å². The van der Waals surface area contributed by atoms with Gasteiger partial charge < -0.3 is 14.2 Å². The number of piperazine rings is 1. The number of amides is 2. The molecule has 1 aromatic carbocycles. The number of furan rings is 1. The van der Waals surface area contributed by atoms with Crippen LogP contribution >= 0.6 is 0 Å². The van der Waals surface area contributed by atoms with Crippen molar-refractivity contribution >= 4 is 21.8 Å². The van der Waals surface area contributed by atoms with Crippen LogP contribution < -0.4 is 0 Å². The van der Waals surface area contributed by atoms with Gasteiger partial charge in [0, 0.05) is 39.1 Å². The van der Waals surface area contributed by atoms with Crippen molar-refractivity contribution in [3.8, 4) is 0 Å². The van der Waals surface area contributed by atoms with Crippen LogP contribution in [0.3, 0.4) is 0 Å². The fraction of sp³-hybridized carbons (Fsp3) is 0.478. The summed E-state index contributed by atoms with van der Waals surface area (Å²) in [7, 11) is -3.58. The van der Waals surface area contributed by atoms with E-state index in [1.54, 1.807) is 28.2 Å². The van der Waals surface area contributed by atoms with Gasteiger partial charge in [0.1, 0.15) is 5.76 Å². The molecule has 0 spiro atoms. The fourth-order valence-electron chi connectivity index (χ4n) is 4.95. The summed E-state index contributed by atoms with van der Waals surface area (Å²) < 4.78 is 33.0. The van der Waals surface area contributed by atoms with E-state index >= 15 is 0 Å². The number of hydrogen-bond donors (Lipinski definition) is 0. The van der Waals surface area contributed by atoms with Crippen LogP contribution in [-0.2, 0) is 39.0 Å². The molecule has 1 aromatic heterocycles. The molecule has 170 valence electrons. The molecular formula is C23H27N3O5S. The second-order valence-corrected chi connectivity index (χ2v) is 10.7. The minimum atomic E-state index is -3.58. The van der Waals surface area contributed by atoms with Gasteiger partial charge >= 0.3 is 0 Å². The largest absolute Gasteiger partial charge is 0.467 e. The molecule has 2 aromatic rings. The molecule has 0 saturated carbocycles. The zero-order chi connectivity index (χ0) is 22.3. The van der Waals surface area contributed by atoms with E-state index in [9.17, 15) is 18.0 Å². The van der Waals surface area contributed by atoms with E-state index in [1.165, 1.54) is 9.87 Å². The third kappa shape index (κ3) is 3.95. The first-order valence-corrected chi connectivity index (χ1v) is 12.6. The monoisotopic (exact) mass is 457 g/mol. The summed E-state index contributed by atoms with van der Waals surface area (Å²) in [6.07, 6.45) is 4.77. The van der Waals surface area contributed by atoms with Crippen LogP contribution in [0.25, 0.3) is 0 Å². The summed E-state index contributed by atoms with van der Waals surface area (Å²) in [6.45, 7) is 1.94. The van der Waals surface area contributed by atoms with E-state index in [4.69, 9.17) is 4.42 Å². The first-order chi connectivity index (χ1) is 15.4. The Hall–Kier alpha value is -2.65. The summed E-state index contributed by atoms with van der Waals surface area (Å²) in [5.74, 6) is 0.168. The Morgan fingerprint density at radius 2 is 1.84 bits per heavy atom. The van der Waals surface area contributed by atoms with Crippen LogP contribution in [0.1, 0.15) is 29.7 Å². The third-order valence-corrected chi connectivity index (χ3v) is 8.64. The SMILES string of the molecule is O=C1C[C@@H](C(=O)N2CCN(S(=O)(=O)c3ccc4c(c3)CCC4)CC2)CN1Cc1ccco1. The summed E-state index contributed by atoms with van der Waals surface area (Å²) in [6, 6.07) is 9.03. The van der Waals surface area contributed by atoms with Crippen LogP contribution in [0, 0.1) is 5.92 Å². The number of aryl methyl sites for hydroxylation is 2. The molecule has 5 rings (SSSR count). The first kappa shape index (κ1) is 21.2. The lowest BCUT2D eigenvalue weighted by Crippen LogP contribution is -2.52. The van der Waals surface area contributed by atoms with E-state index in [2.05, 4.69) is 0 Å². The van der Waals surface area contributed by atoms with Crippen molar-refractivity contribution in [3.63, 3.8) is 0 Å². The molecule has 2 amide bonds. The average molecular weight is 458 g/mol. The molecule has 3 aliphatic rings. The minimum Gasteiger partial charge on any atom is -0.467 e. The van der Waals surface area contributed by atoms with Gasteiger partial charge in [0.25, 0.3) is 0 Å². The van der Waals surface area contributed by atoms with Crippen LogP contribution in [0.4, 0.5) is 0 Å². The maximum absolute atomic E-state index is 13.1. The highest BCUT2D eigenvalue weighted by atomic mass is 32.2. The molecule has 1 aliphatic carbocycles. The lowest BCUT2D eigenvalue weighted by molar-refractivity contribution is -0.137. The van der Waals surface area contributed by atoms with Gasteiger partial charge in [-0.25, -0.2) is 8.42 Å². The summed E-state index contributed by atoms with van der Waals surface area (Å²) in [5.41, 5.74) is 2.37. The van der Waals surface area contributed by atoms with Crippen molar-refractivity contribution in [2.24, 2.45) is 5.92 Å². The Bertz CT molecular complexity index is 1120. The van der Waals surface area contributed by atoms with E-state index in [1.807, 2.05) is 18.2 Å². The number of benzene rings is 1. The second kappa shape index (κ2) is 8.37. The lowest BCUT2D eigenvalue weighted by atomic mass is 10.1. The predicted octanol–water partition coefficient (Wildman–Crippen LogP) is 1.65. The van der Waals surface area contributed by atoms with Crippen molar-refractivity contribution in [1.82, 2.24) is 14.1 Å². The number of fused-ring (bicyclic) bond motifs is 1. The molecule has 3 heterocycles. The molecule has 0 radical (unpaired) electrons. The number of sulfonamides is 1. The maximum Gasteiger partial charge on any atom is 0.243 e. The molecule has 2 saturated heterocycles. The predicted molar refractivity (Wildman–Crippen MR) is 116 cm³/mol. The Morgan fingerprint density at radius 3 is 2.59 bits per heavy atom. The number of nitrogens with zero attached hydrogens (tertiary/aromatic N) is 3. The van der Waals surface area contributed by atoms with Crippen molar-refractivity contribution < 1.29 is 22.4 Å². The van der Waals surface area contributed by atoms with Gasteiger partial charge in [-0.05, 0) is 54.7 Å². The Balaban J connectivity index is 1.19. The standard InChI is InChI=1S/C23H27N3O5S/c27-22-14-19(15-25(22)16-20-5-2-12-31-20)23(28)24-8-10-26(11-9-24)32(29,30)21-7-6-17-3-1-4-18(17)13-21/h2,5-7,12-13,19H,1,3-4,8-11,14-16H2/t19-/m1/s1. The minimum absolute atomic E-state index is 0.0578. The normalized spacial score (nSPS) is 21.9. The number of hydrogen-bond acceptors (Lipinski definition) is 5. The van der Waals surface area contributed by atoms with Gasteiger partial charge in [0.2, 0.25) is 21.8 Å². The van der Waals surface area contributed by atoms with E-state index in [0.29, 0.717) is 36.8 Å².